The number of carbonyl (C=O) groups excluding carboxylic acids is 1. The maximum absolute atomic E-state index is 13.3. The number of benzene rings is 2. The number of hydrogen-bond acceptors (Lipinski definition) is 5. The van der Waals surface area contributed by atoms with Crippen LogP contribution in [0.2, 0.25) is 0 Å². The Kier molecular flexibility index (Phi) is 4.22. The van der Waals surface area contributed by atoms with Crippen LogP contribution in [0.15, 0.2) is 52.9 Å². The number of fused-ring (bicyclic) bond motifs is 1. The first-order valence-corrected chi connectivity index (χ1v) is 8.78. The van der Waals surface area contributed by atoms with Crippen LogP contribution in [0, 0.1) is 12.7 Å². The summed E-state index contributed by atoms with van der Waals surface area (Å²) in [7, 11) is 0. The molecule has 0 saturated carbocycles. The van der Waals surface area contributed by atoms with Gasteiger partial charge >= 0.3 is 0 Å². The number of oxazole rings is 1. The monoisotopic (exact) mass is 367 g/mol. The van der Waals surface area contributed by atoms with Crippen molar-refractivity contribution in [3.63, 3.8) is 0 Å². The second kappa shape index (κ2) is 6.68. The highest BCUT2D eigenvalue weighted by Crippen LogP contribution is 2.27. The van der Waals surface area contributed by atoms with Gasteiger partial charge in [0.25, 0.3) is 0 Å². The summed E-state index contributed by atoms with van der Waals surface area (Å²) >= 11 is 1.23. The standard InChI is InChI=1S/C19H14FN3O2S/c1-11-15(21-18(25-11)12-5-3-2-4-6-12)10-17(24)23-19-22-14-8-7-13(20)9-16(14)26-19/h2-9H,10H2,1H3,(H,22,23,24). The van der Waals surface area contributed by atoms with Gasteiger partial charge in [0, 0.05) is 5.56 Å². The van der Waals surface area contributed by atoms with Gasteiger partial charge in [0.1, 0.15) is 11.6 Å². The highest BCUT2D eigenvalue weighted by molar-refractivity contribution is 7.22. The Balaban J connectivity index is 1.50. The lowest BCUT2D eigenvalue weighted by atomic mass is 10.2. The van der Waals surface area contributed by atoms with Crippen LogP contribution < -0.4 is 5.32 Å². The third-order valence-electron chi connectivity index (χ3n) is 3.84. The molecule has 4 rings (SSSR count). The van der Waals surface area contributed by atoms with Crippen molar-refractivity contribution in [1.29, 1.82) is 0 Å². The molecule has 5 nitrogen and oxygen atoms in total. The summed E-state index contributed by atoms with van der Waals surface area (Å²) in [6.45, 7) is 1.78. The predicted molar refractivity (Wildman–Crippen MR) is 98.6 cm³/mol. The maximum atomic E-state index is 13.3. The Bertz CT molecular complexity index is 1090. The van der Waals surface area contributed by atoms with E-state index in [9.17, 15) is 9.18 Å². The second-order valence-corrected chi connectivity index (χ2v) is 6.77. The number of aromatic nitrogens is 2. The first-order chi connectivity index (χ1) is 12.6. The van der Waals surface area contributed by atoms with Crippen molar-refractivity contribution >= 4 is 32.6 Å². The van der Waals surface area contributed by atoms with Gasteiger partial charge in [-0.1, -0.05) is 29.5 Å². The minimum atomic E-state index is -0.328. The first-order valence-electron chi connectivity index (χ1n) is 7.96. The SMILES string of the molecule is Cc1oc(-c2ccccc2)nc1CC(=O)Nc1nc2ccc(F)cc2s1. The van der Waals surface area contributed by atoms with Gasteiger partial charge < -0.3 is 9.73 Å². The molecule has 0 radical (unpaired) electrons. The van der Waals surface area contributed by atoms with Crippen LogP contribution in [0.25, 0.3) is 21.7 Å². The van der Waals surface area contributed by atoms with Crippen LogP contribution in [-0.4, -0.2) is 15.9 Å². The van der Waals surface area contributed by atoms with Gasteiger partial charge in [0.05, 0.1) is 22.3 Å². The summed E-state index contributed by atoms with van der Waals surface area (Å²) < 4.78 is 19.6. The van der Waals surface area contributed by atoms with E-state index in [4.69, 9.17) is 4.42 Å². The van der Waals surface area contributed by atoms with Gasteiger partial charge in [-0.2, -0.15) is 0 Å². The molecule has 0 aliphatic carbocycles. The molecule has 0 unspecified atom stereocenters. The average Bonchev–Trinajstić information content (AvgIpc) is 3.18. The van der Waals surface area contributed by atoms with Crippen LogP contribution in [0.5, 0.6) is 0 Å². The number of halogens is 1. The van der Waals surface area contributed by atoms with E-state index in [1.54, 1.807) is 13.0 Å². The summed E-state index contributed by atoms with van der Waals surface area (Å²) in [5.41, 5.74) is 2.08. The number of thiazole rings is 1. The van der Waals surface area contributed by atoms with Crippen molar-refractivity contribution in [2.24, 2.45) is 0 Å². The quantitative estimate of drug-likeness (QED) is 0.573. The Morgan fingerprint density at radius 3 is 2.81 bits per heavy atom. The number of carbonyl (C=O) groups is 1. The number of anilines is 1. The zero-order valence-corrected chi connectivity index (χ0v) is 14.6. The Labute approximate surface area is 152 Å². The molecule has 1 N–H and O–H groups in total. The largest absolute Gasteiger partial charge is 0.441 e. The Morgan fingerprint density at radius 1 is 1.19 bits per heavy atom. The van der Waals surface area contributed by atoms with Crippen molar-refractivity contribution < 1.29 is 13.6 Å². The van der Waals surface area contributed by atoms with Crippen LogP contribution in [0.1, 0.15) is 11.5 Å². The summed E-state index contributed by atoms with van der Waals surface area (Å²) in [6, 6.07) is 13.8. The van der Waals surface area contributed by atoms with Gasteiger partial charge in [-0.05, 0) is 37.3 Å². The van der Waals surface area contributed by atoms with Gasteiger partial charge in [-0.3, -0.25) is 4.79 Å². The highest BCUT2D eigenvalue weighted by atomic mass is 32.1. The number of rotatable bonds is 4. The number of nitrogens with one attached hydrogen (secondary N) is 1. The lowest BCUT2D eigenvalue weighted by molar-refractivity contribution is -0.115. The summed E-state index contributed by atoms with van der Waals surface area (Å²) in [5.74, 6) is 0.512. The van der Waals surface area contributed by atoms with Crippen molar-refractivity contribution in [1.82, 2.24) is 9.97 Å². The van der Waals surface area contributed by atoms with Gasteiger partial charge in [-0.25, -0.2) is 14.4 Å². The van der Waals surface area contributed by atoms with Crippen molar-refractivity contribution in [2.45, 2.75) is 13.3 Å². The molecular formula is C19H14FN3O2S. The molecule has 0 spiro atoms. The molecule has 4 aromatic rings. The van der Waals surface area contributed by atoms with Crippen molar-refractivity contribution in [3.8, 4) is 11.5 Å². The van der Waals surface area contributed by atoms with E-state index >= 15 is 0 Å². The fourth-order valence-corrected chi connectivity index (χ4v) is 3.47. The second-order valence-electron chi connectivity index (χ2n) is 5.74. The van der Waals surface area contributed by atoms with E-state index in [-0.39, 0.29) is 18.1 Å². The van der Waals surface area contributed by atoms with Gasteiger partial charge in [0.15, 0.2) is 5.13 Å². The molecule has 0 atom stereocenters. The molecule has 0 fully saturated rings. The third kappa shape index (κ3) is 3.34. The van der Waals surface area contributed by atoms with Crippen LogP contribution in [-0.2, 0) is 11.2 Å². The molecule has 0 saturated heterocycles. The third-order valence-corrected chi connectivity index (χ3v) is 4.77. The average molecular weight is 367 g/mol. The molecule has 2 aromatic heterocycles. The fourth-order valence-electron chi connectivity index (χ4n) is 2.56. The van der Waals surface area contributed by atoms with E-state index < -0.39 is 0 Å². The zero-order chi connectivity index (χ0) is 18.1. The molecule has 1 amide bonds. The topological polar surface area (TPSA) is 68.0 Å². The van der Waals surface area contributed by atoms with Crippen molar-refractivity contribution in [3.05, 3.63) is 65.8 Å². The lowest BCUT2D eigenvalue weighted by Gasteiger charge is -1.99. The van der Waals surface area contributed by atoms with Crippen LogP contribution in [0.3, 0.4) is 0 Å². The zero-order valence-electron chi connectivity index (χ0n) is 13.8. The summed E-state index contributed by atoms with van der Waals surface area (Å²) in [6.07, 6.45) is 0.0758. The molecule has 26 heavy (non-hydrogen) atoms. The van der Waals surface area contributed by atoms with Crippen LogP contribution in [0.4, 0.5) is 9.52 Å². The molecule has 0 bridgehead atoms. The smallest absolute Gasteiger partial charge is 0.232 e. The molecular weight excluding hydrogens is 353 g/mol. The van der Waals surface area contributed by atoms with E-state index in [1.165, 1.54) is 23.5 Å². The number of nitrogens with zero attached hydrogens (tertiary/aromatic N) is 2. The van der Waals surface area contributed by atoms with E-state index in [2.05, 4.69) is 15.3 Å². The van der Waals surface area contributed by atoms with E-state index in [0.29, 0.717) is 32.7 Å². The normalized spacial score (nSPS) is 11.0. The van der Waals surface area contributed by atoms with Crippen LogP contribution >= 0.6 is 11.3 Å². The lowest BCUT2D eigenvalue weighted by Crippen LogP contribution is -2.14. The number of hydrogen-bond donors (Lipinski definition) is 1. The fraction of sp³-hybridized carbons (Fsp3) is 0.105. The maximum Gasteiger partial charge on any atom is 0.232 e. The van der Waals surface area contributed by atoms with Crippen molar-refractivity contribution in [2.75, 3.05) is 5.32 Å². The first kappa shape index (κ1) is 16.4. The molecule has 130 valence electrons. The summed E-state index contributed by atoms with van der Waals surface area (Å²) in [5, 5.41) is 3.17. The molecule has 2 heterocycles. The molecule has 2 aromatic carbocycles. The van der Waals surface area contributed by atoms with Gasteiger partial charge in [-0.15, -0.1) is 0 Å². The molecule has 0 aliphatic rings. The number of aryl methyl sites for hydroxylation is 1. The predicted octanol–water partition coefficient (Wildman–Crippen LogP) is 4.58. The van der Waals surface area contributed by atoms with Gasteiger partial charge in [0.2, 0.25) is 11.8 Å². The van der Waals surface area contributed by atoms with E-state index in [1.807, 2.05) is 30.3 Å². The molecule has 7 heteroatoms. The minimum Gasteiger partial charge on any atom is -0.441 e. The highest BCUT2D eigenvalue weighted by Gasteiger charge is 2.16. The molecule has 0 aliphatic heterocycles. The Hall–Kier alpha value is -3.06. The summed E-state index contributed by atoms with van der Waals surface area (Å²) in [4.78, 5) is 21.0. The number of amides is 1. The van der Waals surface area contributed by atoms with E-state index in [0.717, 1.165) is 5.56 Å². The Morgan fingerprint density at radius 2 is 2.00 bits per heavy atom. The minimum absolute atomic E-state index is 0.0758.